The third-order valence-electron chi connectivity index (χ3n) is 1.96. The first-order valence-corrected chi connectivity index (χ1v) is 5.41. The minimum absolute atomic E-state index is 0.107. The molecule has 1 rings (SSSR count). The van der Waals surface area contributed by atoms with Crippen LogP contribution in [0.5, 0.6) is 5.75 Å². The Morgan fingerprint density at radius 3 is 2.61 bits per heavy atom. The average molecular weight is 259 g/mol. The van der Waals surface area contributed by atoms with Crippen molar-refractivity contribution in [1.29, 1.82) is 0 Å². The van der Waals surface area contributed by atoms with Crippen LogP contribution >= 0.6 is 0 Å². The van der Waals surface area contributed by atoms with E-state index < -0.39 is 19.0 Å². The van der Waals surface area contributed by atoms with Crippen molar-refractivity contribution in [3.05, 3.63) is 23.8 Å². The van der Waals surface area contributed by atoms with Gasteiger partial charge in [-0.25, -0.2) is 13.6 Å². The molecule has 6 heteroatoms. The molecule has 0 bridgehead atoms. The van der Waals surface area contributed by atoms with Crippen molar-refractivity contribution in [3.63, 3.8) is 0 Å². The van der Waals surface area contributed by atoms with Crippen LogP contribution in [0.2, 0.25) is 0 Å². The third-order valence-corrected chi connectivity index (χ3v) is 1.96. The van der Waals surface area contributed by atoms with Crippen molar-refractivity contribution in [1.82, 2.24) is 0 Å². The van der Waals surface area contributed by atoms with Crippen LogP contribution in [0.3, 0.4) is 0 Å². The van der Waals surface area contributed by atoms with Crippen LogP contribution in [0.25, 0.3) is 0 Å². The molecule has 0 aromatic heterocycles. The average Bonchev–Trinajstić information content (AvgIpc) is 2.26. The highest BCUT2D eigenvalue weighted by Crippen LogP contribution is 2.21. The Labute approximate surface area is 104 Å². The Bertz CT molecular complexity index is 422. The fraction of sp³-hybridized carbons (Fsp3) is 0.417. The molecule has 0 amide bonds. The molecule has 2 N–H and O–H groups in total. The van der Waals surface area contributed by atoms with Gasteiger partial charge >= 0.3 is 5.97 Å². The van der Waals surface area contributed by atoms with Crippen molar-refractivity contribution in [3.8, 4) is 5.75 Å². The van der Waals surface area contributed by atoms with Crippen LogP contribution in [0.4, 0.5) is 14.5 Å². The lowest BCUT2D eigenvalue weighted by atomic mass is 10.1. The molecular formula is C12H15F2NO3. The molecule has 18 heavy (non-hydrogen) atoms. The van der Waals surface area contributed by atoms with Gasteiger partial charge < -0.3 is 15.2 Å². The lowest BCUT2D eigenvalue weighted by Gasteiger charge is -2.11. The van der Waals surface area contributed by atoms with Crippen LogP contribution in [0.1, 0.15) is 24.2 Å². The van der Waals surface area contributed by atoms with Gasteiger partial charge in [0.05, 0.1) is 11.7 Å². The first-order valence-electron chi connectivity index (χ1n) is 5.41. The van der Waals surface area contributed by atoms with Gasteiger partial charge in [-0.3, -0.25) is 0 Å². The van der Waals surface area contributed by atoms with Crippen molar-refractivity contribution in [2.45, 2.75) is 26.4 Å². The maximum Gasteiger partial charge on any atom is 0.340 e. The van der Waals surface area contributed by atoms with E-state index in [0.717, 1.165) is 0 Å². The van der Waals surface area contributed by atoms with E-state index in [1.165, 1.54) is 18.2 Å². The molecular weight excluding hydrogens is 244 g/mol. The zero-order chi connectivity index (χ0) is 13.7. The quantitative estimate of drug-likeness (QED) is 0.651. The van der Waals surface area contributed by atoms with Gasteiger partial charge in [-0.1, -0.05) is 0 Å². The van der Waals surface area contributed by atoms with E-state index in [4.69, 9.17) is 15.2 Å². The molecule has 0 fully saturated rings. The standard InChI is InChI=1S/C12H15F2NO3/c1-7(2)18-12(16)9-5-8(3-4-10(9)15)17-6-11(13)14/h3-5,7,11H,6,15H2,1-2H3. The van der Waals surface area contributed by atoms with Crippen molar-refractivity contribution in [2.24, 2.45) is 0 Å². The fourth-order valence-electron chi connectivity index (χ4n) is 1.24. The maximum absolute atomic E-state index is 12.0. The van der Waals surface area contributed by atoms with Gasteiger partial charge in [0.1, 0.15) is 12.4 Å². The highest BCUT2D eigenvalue weighted by Gasteiger charge is 2.14. The second-order valence-electron chi connectivity index (χ2n) is 3.91. The van der Waals surface area contributed by atoms with E-state index in [1.807, 2.05) is 0 Å². The van der Waals surface area contributed by atoms with E-state index in [1.54, 1.807) is 13.8 Å². The van der Waals surface area contributed by atoms with Crippen LogP contribution in [-0.2, 0) is 4.74 Å². The van der Waals surface area contributed by atoms with E-state index in [9.17, 15) is 13.6 Å². The summed E-state index contributed by atoms with van der Waals surface area (Å²) in [5, 5.41) is 0. The number of ether oxygens (including phenoxy) is 2. The molecule has 100 valence electrons. The second-order valence-corrected chi connectivity index (χ2v) is 3.91. The number of halogens is 2. The topological polar surface area (TPSA) is 61.5 Å². The zero-order valence-corrected chi connectivity index (χ0v) is 10.2. The normalized spacial score (nSPS) is 10.8. The van der Waals surface area contributed by atoms with Crippen molar-refractivity contribution in [2.75, 3.05) is 12.3 Å². The lowest BCUT2D eigenvalue weighted by molar-refractivity contribution is 0.0378. The molecule has 0 aliphatic heterocycles. The molecule has 0 saturated carbocycles. The summed E-state index contributed by atoms with van der Waals surface area (Å²) in [6.45, 7) is 2.67. The summed E-state index contributed by atoms with van der Waals surface area (Å²) in [7, 11) is 0. The zero-order valence-electron chi connectivity index (χ0n) is 10.2. The van der Waals surface area contributed by atoms with Gasteiger partial charge in [0.25, 0.3) is 6.43 Å². The Kier molecular flexibility index (Phi) is 4.88. The van der Waals surface area contributed by atoms with Gasteiger partial charge in [-0.2, -0.15) is 0 Å². The number of hydrogen-bond acceptors (Lipinski definition) is 4. The molecule has 0 radical (unpaired) electrons. The van der Waals surface area contributed by atoms with Gasteiger partial charge in [0.2, 0.25) is 0 Å². The summed E-state index contributed by atoms with van der Waals surface area (Å²) in [6.07, 6.45) is -2.86. The Balaban J connectivity index is 2.84. The molecule has 0 heterocycles. The molecule has 4 nitrogen and oxygen atoms in total. The number of anilines is 1. The lowest BCUT2D eigenvalue weighted by Crippen LogP contribution is -2.14. The largest absolute Gasteiger partial charge is 0.488 e. The summed E-state index contributed by atoms with van der Waals surface area (Å²) in [5.41, 5.74) is 5.94. The molecule has 0 aliphatic carbocycles. The Morgan fingerprint density at radius 2 is 2.06 bits per heavy atom. The maximum atomic E-state index is 12.0. The highest BCUT2D eigenvalue weighted by molar-refractivity contribution is 5.95. The SMILES string of the molecule is CC(C)OC(=O)c1cc(OCC(F)F)ccc1N. The number of esters is 1. The minimum atomic E-state index is -2.58. The first-order chi connectivity index (χ1) is 8.40. The summed E-state index contributed by atoms with van der Waals surface area (Å²) < 4.78 is 33.8. The summed E-state index contributed by atoms with van der Waals surface area (Å²) >= 11 is 0. The summed E-state index contributed by atoms with van der Waals surface area (Å²) in [5.74, 6) is -0.454. The minimum Gasteiger partial charge on any atom is -0.488 e. The van der Waals surface area contributed by atoms with E-state index >= 15 is 0 Å². The smallest absolute Gasteiger partial charge is 0.340 e. The van der Waals surface area contributed by atoms with E-state index in [-0.39, 0.29) is 23.1 Å². The number of carbonyl (C=O) groups is 1. The fourth-order valence-corrected chi connectivity index (χ4v) is 1.24. The number of rotatable bonds is 5. The number of nitrogen functional groups attached to an aromatic ring is 1. The van der Waals surface area contributed by atoms with Crippen LogP contribution < -0.4 is 10.5 Å². The number of nitrogens with two attached hydrogens (primary N) is 1. The molecule has 0 atom stereocenters. The van der Waals surface area contributed by atoms with Gasteiger partial charge in [0, 0.05) is 5.69 Å². The summed E-state index contributed by atoms with van der Waals surface area (Å²) in [6, 6.07) is 4.13. The van der Waals surface area contributed by atoms with Gasteiger partial charge in [-0.15, -0.1) is 0 Å². The third kappa shape index (κ3) is 4.20. The van der Waals surface area contributed by atoms with E-state index in [2.05, 4.69) is 0 Å². The molecule has 0 saturated heterocycles. The molecule has 1 aromatic rings. The Morgan fingerprint density at radius 1 is 1.39 bits per heavy atom. The highest BCUT2D eigenvalue weighted by atomic mass is 19.3. The monoisotopic (exact) mass is 259 g/mol. The van der Waals surface area contributed by atoms with Crippen LogP contribution in [0, 0.1) is 0 Å². The van der Waals surface area contributed by atoms with Crippen LogP contribution in [-0.4, -0.2) is 25.1 Å². The number of hydrogen-bond donors (Lipinski definition) is 1. The molecule has 1 aromatic carbocycles. The Hall–Kier alpha value is -1.85. The number of alkyl halides is 2. The molecule has 0 unspecified atom stereocenters. The predicted molar refractivity (Wildman–Crippen MR) is 62.9 cm³/mol. The van der Waals surface area contributed by atoms with Crippen LogP contribution in [0.15, 0.2) is 18.2 Å². The van der Waals surface area contributed by atoms with Crippen molar-refractivity contribution >= 4 is 11.7 Å². The van der Waals surface area contributed by atoms with Crippen molar-refractivity contribution < 1.29 is 23.0 Å². The summed E-state index contributed by atoms with van der Waals surface area (Å²) in [4.78, 5) is 11.7. The van der Waals surface area contributed by atoms with Gasteiger partial charge in [-0.05, 0) is 32.0 Å². The molecule has 0 spiro atoms. The first kappa shape index (κ1) is 14.2. The predicted octanol–water partition coefficient (Wildman–Crippen LogP) is 2.48. The second kappa shape index (κ2) is 6.18. The van der Waals surface area contributed by atoms with Gasteiger partial charge in [0.15, 0.2) is 0 Å². The van der Waals surface area contributed by atoms with E-state index in [0.29, 0.717) is 0 Å². The number of carbonyl (C=O) groups excluding carboxylic acids is 1. The number of benzene rings is 1. The molecule has 0 aliphatic rings.